The second kappa shape index (κ2) is 4.32. The van der Waals surface area contributed by atoms with Crippen LogP contribution in [0.4, 0.5) is 26.3 Å². The molecule has 1 aromatic carbocycles. The monoisotopic (exact) mass is 263 g/mol. The molecular weight excluding hydrogens is 260 g/mol. The van der Waals surface area contributed by atoms with E-state index in [0.717, 1.165) is 0 Å². The zero-order chi connectivity index (χ0) is 13.4. The summed E-state index contributed by atoms with van der Waals surface area (Å²) < 4.78 is 77.7. The van der Waals surface area contributed by atoms with Crippen molar-refractivity contribution in [2.24, 2.45) is 0 Å². The predicted octanol–water partition coefficient (Wildman–Crippen LogP) is 3.58. The molecule has 0 amide bonds. The van der Waals surface area contributed by atoms with E-state index >= 15 is 0 Å². The van der Waals surface area contributed by atoms with E-state index in [2.05, 4.69) is 4.98 Å². The lowest BCUT2D eigenvalue weighted by atomic mass is 10.1. The fraction of sp³-hybridized carbons (Fsp3) is 0. The molecule has 2 aromatic rings. The van der Waals surface area contributed by atoms with Crippen LogP contribution in [-0.2, 0) is 0 Å². The van der Waals surface area contributed by atoms with Crippen molar-refractivity contribution in [1.82, 2.24) is 4.98 Å². The van der Waals surface area contributed by atoms with Gasteiger partial charge < -0.3 is 0 Å². The van der Waals surface area contributed by atoms with Crippen molar-refractivity contribution < 1.29 is 26.3 Å². The number of nitrogens with zero attached hydrogens (tertiary/aromatic N) is 1. The minimum absolute atomic E-state index is 0.314. The van der Waals surface area contributed by atoms with Crippen molar-refractivity contribution in [2.45, 2.75) is 0 Å². The Morgan fingerprint density at radius 1 is 0.667 bits per heavy atom. The van der Waals surface area contributed by atoms with Gasteiger partial charge in [-0.25, -0.2) is 31.3 Å². The molecule has 0 aliphatic rings. The quantitative estimate of drug-likeness (QED) is 0.566. The van der Waals surface area contributed by atoms with Crippen molar-refractivity contribution >= 4 is 0 Å². The molecule has 0 saturated heterocycles. The van der Waals surface area contributed by atoms with Crippen LogP contribution in [0.1, 0.15) is 0 Å². The fourth-order valence-electron chi connectivity index (χ4n) is 1.34. The molecule has 0 N–H and O–H groups in total. The Balaban J connectivity index is 2.71. The van der Waals surface area contributed by atoms with Crippen LogP contribution >= 0.6 is 0 Å². The normalized spacial score (nSPS) is 10.8. The average molecular weight is 263 g/mol. The number of aromatic nitrogens is 1. The lowest BCUT2D eigenvalue weighted by molar-refractivity contribution is 0.437. The van der Waals surface area contributed by atoms with Gasteiger partial charge in [-0.05, 0) is 12.1 Å². The van der Waals surface area contributed by atoms with E-state index in [1.165, 1.54) is 0 Å². The maximum atomic E-state index is 13.3. The molecule has 0 spiro atoms. The number of hydrogen-bond donors (Lipinski definition) is 0. The van der Waals surface area contributed by atoms with Crippen molar-refractivity contribution in [3.8, 4) is 11.3 Å². The Morgan fingerprint density at radius 2 is 1.28 bits per heavy atom. The summed E-state index contributed by atoms with van der Waals surface area (Å²) in [5, 5.41) is 0. The van der Waals surface area contributed by atoms with Crippen LogP contribution in [-0.4, -0.2) is 4.98 Å². The molecule has 0 fully saturated rings. The van der Waals surface area contributed by atoms with Gasteiger partial charge in [0.1, 0.15) is 5.69 Å². The summed E-state index contributed by atoms with van der Waals surface area (Å²) in [7, 11) is 0. The van der Waals surface area contributed by atoms with E-state index in [1.54, 1.807) is 0 Å². The van der Waals surface area contributed by atoms with Gasteiger partial charge in [-0.15, -0.1) is 0 Å². The van der Waals surface area contributed by atoms with Crippen LogP contribution in [0.25, 0.3) is 11.3 Å². The molecule has 2 rings (SSSR count). The summed E-state index contributed by atoms with van der Waals surface area (Å²) in [6.45, 7) is 0. The molecule has 0 radical (unpaired) electrons. The number of hydrogen-bond acceptors (Lipinski definition) is 1. The highest BCUT2D eigenvalue weighted by Gasteiger charge is 2.22. The highest BCUT2D eigenvalue weighted by Crippen LogP contribution is 2.27. The summed E-state index contributed by atoms with van der Waals surface area (Å²) in [4.78, 5) is 3.12. The standard InChI is InChI=1S/C11H3F6N/c12-5-2-1-4(7(14)8(5)15)11-10(17)9(16)6(13)3-18-11/h1-3H. The van der Waals surface area contributed by atoms with Gasteiger partial charge in [-0.3, -0.25) is 0 Å². The molecule has 0 unspecified atom stereocenters. The summed E-state index contributed by atoms with van der Waals surface area (Å²) in [6.07, 6.45) is 0.314. The largest absolute Gasteiger partial charge is 0.250 e. The van der Waals surface area contributed by atoms with Gasteiger partial charge in [0, 0.05) is 5.56 Å². The third-order valence-electron chi connectivity index (χ3n) is 2.21. The molecule has 1 aromatic heterocycles. The predicted molar refractivity (Wildman–Crippen MR) is 49.4 cm³/mol. The molecule has 0 saturated carbocycles. The van der Waals surface area contributed by atoms with Crippen LogP contribution in [0, 0.1) is 34.9 Å². The van der Waals surface area contributed by atoms with Gasteiger partial charge in [0.05, 0.1) is 6.20 Å². The topological polar surface area (TPSA) is 12.9 Å². The third kappa shape index (κ3) is 1.81. The molecule has 0 aliphatic heterocycles. The van der Waals surface area contributed by atoms with Gasteiger partial charge >= 0.3 is 0 Å². The van der Waals surface area contributed by atoms with Gasteiger partial charge in [-0.2, -0.15) is 0 Å². The first-order valence-corrected chi connectivity index (χ1v) is 4.57. The Bertz CT molecular complexity index is 570. The zero-order valence-corrected chi connectivity index (χ0v) is 8.45. The SMILES string of the molecule is Fc1ccc(-c2ncc(F)c(F)c2F)c(F)c1F. The third-order valence-corrected chi connectivity index (χ3v) is 2.21. The lowest BCUT2D eigenvalue weighted by Gasteiger charge is -2.06. The van der Waals surface area contributed by atoms with Crippen LogP contribution in [0.3, 0.4) is 0 Å². The maximum Gasteiger partial charge on any atom is 0.198 e. The molecule has 0 bridgehead atoms. The molecular formula is C11H3F6N. The number of benzene rings is 1. The minimum atomic E-state index is -1.87. The maximum absolute atomic E-state index is 13.3. The Labute approximate surface area is 96.7 Å². The smallest absolute Gasteiger partial charge is 0.198 e. The molecule has 7 heteroatoms. The summed E-state index contributed by atoms with van der Waals surface area (Å²) in [5.41, 5.74) is -1.74. The second-order valence-corrected chi connectivity index (χ2v) is 3.31. The number of rotatable bonds is 1. The van der Waals surface area contributed by atoms with E-state index < -0.39 is 46.2 Å². The molecule has 18 heavy (non-hydrogen) atoms. The fourth-order valence-corrected chi connectivity index (χ4v) is 1.34. The van der Waals surface area contributed by atoms with E-state index in [-0.39, 0.29) is 0 Å². The molecule has 1 nitrogen and oxygen atoms in total. The Morgan fingerprint density at radius 3 is 1.94 bits per heavy atom. The summed E-state index contributed by atoms with van der Waals surface area (Å²) in [6, 6.07) is 1.20. The van der Waals surface area contributed by atoms with Gasteiger partial charge in [0.2, 0.25) is 0 Å². The highest BCUT2D eigenvalue weighted by atomic mass is 19.2. The average Bonchev–Trinajstić information content (AvgIpc) is 2.35. The number of pyridine rings is 1. The first kappa shape index (κ1) is 12.4. The van der Waals surface area contributed by atoms with Crippen molar-refractivity contribution in [3.63, 3.8) is 0 Å². The Kier molecular flexibility index (Phi) is 2.98. The van der Waals surface area contributed by atoms with Gasteiger partial charge in [-0.1, -0.05) is 0 Å². The van der Waals surface area contributed by atoms with Crippen molar-refractivity contribution in [1.29, 1.82) is 0 Å². The zero-order valence-electron chi connectivity index (χ0n) is 8.45. The summed E-state index contributed by atoms with van der Waals surface area (Å²) in [5.74, 6) is -10.3. The van der Waals surface area contributed by atoms with Crippen molar-refractivity contribution in [2.75, 3.05) is 0 Å². The summed E-state index contributed by atoms with van der Waals surface area (Å²) >= 11 is 0. The van der Waals surface area contributed by atoms with E-state index in [1.807, 2.05) is 0 Å². The van der Waals surface area contributed by atoms with Gasteiger partial charge in [0.25, 0.3) is 0 Å². The second-order valence-electron chi connectivity index (χ2n) is 3.31. The molecule has 94 valence electrons. The first-order valence-electron chi connectivity index (χ1n) is 4.57. The van der Waals surface area contributed by atoms with Crippen molar-refractivity contribution in [3.05, 3.63) is 53.2 Å². The highest BCUT2D eigenvalue weighted by molar-refractivity contribution is 5.60. The van der Waals surface area contributed by atoms with E-state index in [9.17, 15) is 26.3 Å². The van der Waals surface area contributed by atoms with Crippen LogP contribution in [0.2, 0.25) is 0 Å². The number of halogens is 6. The molecule has 0 atom stereocenters. The first-order chi connectivity index (χ1) is 8.43. The minimum Gasteiger partial charge on any atom is -0.250 e. The van der Waals surface area contributed by atoms with Crippen LogP contribution in [0.5, 0.6) is 0 Å². The van der Waals surface area contributed by atoms with Gasteiger partial charge in [0.15, 0.2) is 34.9 Å². The van der Waals surface area contributed by atoms with Crippen LogP contribution in [0.15, 0.2) is 18.3 Å². The molecule has 0 aliphatic carbocycles. The lowest BCUT2D eigenvalue weighted by Crippen LogP contribution is -2.01. The van der Waals surface area contributed by atoms with E-state index in [4.69, 9.17) is 0 Å². The van der Waals surface area contributed by atoms with Crippen LogP contribution < -0.4 is 0 Å². The van der Waals surface area contributed by atoms with E-state index in [0.29, 0.717) is 18.3 Å². The Hall–Kier alpha value is -2.05. The molecule has 1 heterocycles.